The van der Waals surface area contributed by atoms with Crippen molar-refractivity contribution in [2.75, 3.05) is 13.1 Å². The Morgan fingerprint density at radius 3 is 2.37 bits per heavy atom. The molecule has 0 radical (unpaired) electrons. The summed E-state index contributed by atoms with van der Waals surface area (Å²) >= 11 is 0. The summed E-state index contributed by atoms with van der Waals surface area (Å²) in [6.45, 7) is 6.11. The first-order chi connectivity index (χ1) is 12.4. The van der Waals surface area contributed by atoms with E-state index >= 15 is 0 Å². The highest BCUT2D eigenvalue weighted by Gasteiger charge is 2.64. The van der Waals surface area contributed by atoms with E-state index in [1.807, 2.05) is 39.0 Å². The molecule has 5 nitrogen and oxygen atoms in total. The van der Waals surface area contributed by atoms with Crippen molar-refractivity contribution in [3.63, 3.8) is 0 Å². The molecule has 8 heteroatoms. The highest BCUT2D eigenvalue weighted by molar-refractivity contribution is 5.84. The molecule has 2 rings (SSSR count). The van der Waals surface area contributed by atoms with Crippen molar-refractivity contribution in [1.82, 2.24) is 4.90 Å². The summed E-state index contributed by atoms with van der Waals surface area (Å²) in [7, 11) is 0. The molecule has 1 heterocycles. The van der Waals surface area contributed by atoms with Gasteiger partial charge >= 0.3 is 12.1 Å². The first kappa shape index (κ1) is 21.1. The zero-order chi connectivity index (χ0) is 20.6. The molecule has 1 N–H and O–H groups in total. The number of carbonyl (C=O) groups is 2. The molecule has 27 heavy (non-hydrogen) atoms. The van der Waals surface area contributed by atoms with Crippen LogP contribution in [0, 0.1) is 12.3 Å². The monoisotopic (exact) mass is 387 g/mol. The van der Waals surface area contributed by atoms with Crippen molar-refractivity contribution >= 4 is 11.9 Å². The van der Waals surface area contributed by atoms with Crippen molar-refractivity contribution in [2.24, 2.45) is 5.41 Å². The summed E-state index contributed by atoms with van der Waals surface area (Å²) in [6, 6.07) is 5.62. The van der Waals surface area contributed by atoms with E-state index < -0.39 is 42.5 Å². The Morgan fingerprint density at radius 2 is 1.89 bits per heavy atom. The molecule has 2 atom stereocenters. The Labute approximate surface area is 156 Å². The van der Waals surface area contributed by atoms with Gasteiger partial charge in [-0.05, 0) is 43.4 Å². The van der Waals surface area contributed by atoms with Crippen LogP contribution >= 0.6 is 0 Å². The normalized spacial score (nSPS) is 21.4. The van der Waals surface area contributed by atoms with Gasteiger partial charge in [0.05, 0.1) is 0 Å². The number of alkyl halides is 3. The predicted molar refractivity (Wildman–Crippen MR) is 92.7 cm³/mol. The number of likely N-dealkylation sites (tertiary alicyclic amines) is 1. The van der Waals surface area contributed by atoms with Crippen LogP contribution in [0.5, 0.6) is 5.75 Å². The van der Waals surface area contributed by atoms with Crippen molar-refractivity contribution < 1.29 is 32.6 Å². The molecule has 0 bridgehead atoms. The minimum atomic E-state index is -4.93. The van der Waals surface area contributed by atoms with Gasteiger partial charge in [0.15, 0.2) is 11.5 Å². The molecule has 1 aliphatic rings. The minimum Gasteiger partial charge on any atom is -0.481 e. The van der Waals surface area contributed by atoms with E-state index in [2.05, 4.69) is 0 Å². The van der Waals surface area contributed by atoms with Crippen LogP contribution in [0.25, 0.3) is 0 Å². The smallest absolute Gasteiger partial charge is 0.406 e. The number of hydrogen-bond acceptors (Lipinski definition) is 3. The third kappa shape index (κ3) is 4.04. The van der Waals surface area contributed by atoms with E-state index in [0.29, 0.717) is 5.75 Å². The Morgan fingerprint density at radius 1 is 1.26 bits per heavy atom. The maximum Gasteiger partial charge on any atom is 0.406 e. The van der Waals surface area contributed by atoms with E-state index in [1.54, 1.807) is 0 Å². The second-order valence-electron chi connectivity index (χ2n) is 7.33. The number of hydrogen-bond donors (Lipinski definition) is 1. The molecule has 1 aliphatic heterocycles. The Bertz CT molecular complexity index is 732. The third-order valence-corrected chi connectivity index (χ3v) is 5.06. The summed E-state index contributed by atoms with van der Waals surface area (Å²) in [5.41, 5.74) is -1.11. The molecule has 0 spiro atoms. The lowest BCUT2D eigenvalue weighted by Crippen LogP contribution is -2.49. The molecule has 2 unspecified atom stereocenters. The fourth-order valence-electron chi connectivity index (χ4n) is 3.13. The van der Waals surface area contributed by atoms with E-state index in [9.17, 15) is 22.8 Å². The van der Waals surface area contributed by atoms with Gasteiger partial charge in [0.25, 0.3) is 5.91 Å². The molecule has 150 valence electrons. The number of nitrogens with zero attached hydrogens (tertiary/aromatic N) is 1. The number of rotatable bonds is 5. The van der Waals surface area contributed by atoms with Gasteiger partial charge in [-0.25, -0.2) is 0 Å². The number of carboxylic acids is 1. The topological polar surface area (TPSA) is 66.8 Å². The van der Waals surface area contributed by atoms with Gasteiger partial charge in [-0.1, -0.05) is 26.0 Å². The van der Waals surface area contributed by atoms with Crippen molar-refractivity contribution in [2.45, 2.75) is 52.3 Å². The highest BCUT2D eigenvalue weighted by atomic mass is 19.4. The number of carboxylic acid groups (broad SMARTS) is 1. The van der Waals surface area contributed by atoms with Crippen LogP contribution in [0.4, 0.5) is 13.2 Å². The summed E-state index contributed by atoms with van der Waals surface area (Å²) in [4.78, 5) is 24.7. The largest absolute Gasteiger partial charge is 0.481 e. The standard InChI is InChI=1S/C19H24F3NO4/c1-11(2)14-6-5-12(3)15(9-14)27-13(4)16(24)23-8-7-18(10-23,17(25)26)19(20,21)22/h5-6,9,11,13H,7-8,10H2,1-4H3,(H,25,26). The lowest BCUT2D eigenvalue weighted by atomic mass is 9.86. The van der Waals surface area contributed by atoms with E-state index in [4.69, 9.17) is 9.84 Å². The zero-order valence-electron chi connectivity index (χ0n) is 15.8. The van der Waals surface area contributed by atoms with E-state index in [-0.39, 0.29) is 12.5 Å². The van der Waals surface area contributed by atoms with Gasteiger partial charge in [-0.15, -0.1) is 0 Å². The van der Waals surface area contributed by atoms with Gasteiger partial charge in [0.1, 0.15) is 5.75 Å². The van der Waals surface area contributed by atoms with Crippen LogP contribution in [-0.2, 0) is 9.59 Å². The molecule has 1 fully saturated rings. The van der Waals surface area contributed by atoms with Crippen LogP contribution in [0.3, 0.4) is 0 Å². The minimum absolute atomic E-state index is 0.250. The molecule has 1 saturated heterocycles. The van der Waals surface area contributed by atoms with Gasteiger partial charge in [0.2, 0.25) is 0 Å². The molecule has 1 amide bonds. The number of ether oxygens (including phenoxy) is 1. The van der Waals surface area contributed by atoms with Gasteiger partial charge in [-0.3, -0.25) is 9.59 Å². The molecular weight excluding hydrogens is 363 g/mol. The summed E-state index contributed by atoms with van der Waals surface area (Å²) in [5, 5.41) is 9.10. The average Bonchev–Trinajstić information content (AvgIpc) is 3.02. The number of carbonyl (C=O) groups excluding carboxylic acids is 1. The second kappa shape index (κ2) is 7.40. The maximum atomic E-state index is 13.3. The maximum absolute atomic E-state index is 13.3. The van der Waals surface area contributed by atoms with Crippen LogP contribution < -0.4 is 4.74 Å². The van der Waals surface area contributed by atoms with Crippen LogP contribution in [0.1, 0.15) is 44.2 Å². The first-order valence-corrected chi connectivity index (χ1v) is 8.75. The van der Waals surface area contributed by atoms with Gasteiger partial charge in [-0.2, -0.15) is 13.2 Å². The number of amides is 1. The van der Waals surface area contributed by atoms with Crippen molar-refractivity contribution in [3.05, 3.63) is 29.3 Å². The number of benzene rings is 1. The molecule has 0 aromatic heterocycles. The Balaban J connectivity index is 2.15. The zero-order valence-corrected chi connectivity index (χ0v) is 15.8. The Kier molecular flexibility index (Phi) is 5.77. The molecule has 0 aliphatic carbocycles. The average molecular weight is 387 g/mol. The first-order valence-electron chi connectivity index (χ1n) is 8.75. The molecular formula is C19H24F3NO4. The summed E-state index contributed by atoms with van der Waals surface area (Å²) in [5.74, 6) is -1.88. The van der Waals surface area contributed by atoms with E-state index in [0.717, 1.165) is 16.0 Å². The van der Waals surface area contributed by atoms with Crippen LogP contribution in [0.15, 0.2) is 18.2 Å². The van der Waals surface area contributed by atoms with Crippen LogP contribution in [0.2, 0.25) is 0 Å². The number of aryl methyl sites for hydroxylation is 1. The second-order valence-corrected chi connectivity index (χ2v) is 7.33. The van der Waals surface area contributed by atoms with Gasteiger partial charge in [0, 0.05) is 13.1 Å². The Hall–Kier alpha value is -2.25. The lowest BCUT2D eigenvalue weighted by molar-refractivity contribution is -0.227. The number of aliphatic carboxylic acids is 1. The lowest BCUT2D eigenvalue weighted by Gasteiger charge is -2.28. The SMILES string of the molecule is Cc1ccc(C(C)C)cc1OC(C)C(=O)N1CCC(C(=O)O)(C(F)(F)F)C1. The third-order valence-electron chi connectivity index (χ3n) is 5.06. The fourth-order valence-corrected chi connectivity index (χ4v) is 3.13. The molecule has 0 saturated carbocycles. The van der Waals surface area contributed by atoms with E-state index in [1.165, 1.54) is 6.92 Å². The van der Waals surface area contributed by atoms with Crippen LogP contribution in [-0.4, -0.2) is 47.3 Å². The molecule has 1 aromatic rings. The van der Waals surface area contributed by atoms with Gasteiger partial charge < -0.3 is 14.7 Å². The highest BCUT2D eigenvalue weighted by Crippen LogP contribution is 2.45. The fraction of sp³-hybridized carbons (Fsp3) is 0.579. The molecule has 1 aromatic carbocycles. The number of halogens is 3. The predicted octanol–water partition coefficient (Wildman–Crippen LogP) is 3.75. The van der Waals surface area contributed by atoms with Crippen molar-refractivity contribution in [3.8, 4) is 5.75 Å². The summed E-state index contributed by atoms with van der Waals surface area (Å²) in [6.07, 6.45) is -6.62. The quantitative estimate of drug-likeness (QED) is 0.836. The summed E-state index contributed by atoms with van der Waals surface area (Å²) < 4.78 is 45.5. The van der Waals surface area contributed by atoms with Crippen molar-refractivity contribution in [1.29, 1.82) is 0 Å².